The first-order valence-electron chi connectivity index (χ1n) is 10.5. The van der Waals surface area contributed by atoms with Gasteiger partial charge in [-0.2, -0.15) is 4.37 Å². The summed E-state index contributed by atoms with van der Waals surface area (Å²) in [5.74, 6) is 13.0. The number of azo groups is 1. The van der Waals surface area contributed by atoms with E-state index in [1.807, 2.05) is 6.92 Å². The first-order chi connectivity index (χ1) is 17.5. The van der Waals surface area contributed by atoms with Crippen LogP contribution in [-0.4, -0.2) is 35.5 Å². The predicted molar refractivity (Wildman–Crippen MR) is 136 cm³/mol. The Bertz CT molecular complexity index is 1510. The average Bonchev–Trinajstić information content (AvgIpc) is 3.30. The number of fused-ring (bicyclic) bond motifs is 1. The third-order valence-electron chi connectivity index (χ3n) is 4.55. The largest absolute Gasteiger partial charge is 0.479 e. The number of hydrogen-bond acceptors (Lipinski definition) is 10. The monoisotopic (exact) mass is 501 g/mol. The number of non-ortho nitro benzene ring substituents is 1. The molecule has 0 bridgehead atoms. The average molecular weight is 502 g/mol. The summed E-state index contributed by atoms with van der Waals surface area (Å²) in [5, 5.41) is 20.5. The van der Waals surface area contributed by atoms with Crippen molar-refractivity contribution in [3.05, 3.63) is 46.5 Å². The topological polar surface area (TPSA) is 120 Å². The van der Waals surface area contributed by atoms with Gasteiger partial charge >= 0.3 is 5.97 Å². The zero-order valence-electron chi connectivity index (χ0n) is 19.6. The van der Waals surface area contributed by atoms with E-state index in [0.717, 1.165) is 11.5 Å². The summed E-state index contributed by atoms with van der Waals surface area (Å²) >= 11 is 1.06. The zero-order chi connectivity index (χ0) is 25.9. The van der Waals surface area contributed by atoms with Crippen molar-refractivity contribution in [2.75, 3.05) is 25.2 Å². The molecule has 11 heteroatoms. The Kier molecular flexibility index (Phi) is 8.94. The fraction of sp³-hybridized carbons (Fsp3) is 0.200. The molecular weight excluding hydrogens is 482 g/mol. The van der Waals surface area contributed by atoms with Crippen molar-refractivity contribution in [1.29, 1.82) is 0 Å². The zero-order valence-corrected chi connectivity index (χ0v) is 20.4. The first-order valence-corrected chi connectivity index (χ1v) is 11.2. The second kappa shape index (κ2) is 12.5. The summed E-state index contributed by atoms with van der Waals surface area (Å²) in [7, 11) is 1.26. The molecule has 0 amide bonds. The minimum absolute atomic E-state index is 0.0715. The van der Waals surface area contributed by atoms with Crippen molar-refractivity contribution in [3.63, 3.8) is 0 Å². The van der Waals surface area contributed by atoms with Gasteiger partial charge in [0, 0.05) is 48.0 Å². The molecular formula is C25H19N5O5S. The Hall–Kier alpha value is -4.92. The number of esters is 1. The lowest BCUT2D eigenvalue weighted by Gasteiger charge is -2.17. The molecule has 2 aromatic carbocycles. The van der Waals surface area contributed by atoms with Crippen molar-refractivity contribution < 1.29 is 19.2 Å². The van der Waals surface area contributed by atoms with E-state index in [1.165, 1.54) is 19.2 Å². The summed E-state index contributed by atoms with van der Waals surface area (Å²) in [6.07, 6.45) is 0. The molecule has 0 spiro atoms. The Morgan fingerprint density at radius 2 is 1.97 bits per heavy atom. The molecule has 180 valence electrons. The smallest absolute Gasteiger partial charge is 0.343 e. The van der Waals surface area contributed by atoms with Gasteiger partial charge in [0.15, 0.2) is 11.6 Å². The molecule has 0 saturated heterocycles. The van der Waals surface area contributed by atoms with E-state index in [9.17, 15) is 14.9 Å². The molecule has 1 heterocycles. The maximum absolute atomic E-state index is 11.7. The van der Waals surface area contributed by atoms with E-state index < -0.39 is 10.9 Å². The van der Waals surface area contributed by atoms with Crippen LogP contribution in [0.2, 0.25) is 0 Å². The number of benzene rings is 2. The molecule has 0 aliphatic carbocycles. The second-order valence-electron chi connectivity index (χ2n) is 6.77. The molecule has 10 nitrogen and oxygen atoms in total. The molecule has 36 heavy (non-hydrogen) atoms. The van der Waals surface area contributed by atoms with Crippen molar-refractivity contribution in [2.45, 2.75) is 13.8 Å². The number of nitro benzene ring substituents is 1. The first kappa shape index (κ1) is 25.7. The van der Waals surface area contributed by atoms with E-state index in [-0.39, 0.29) is 18.0 Å². The maximum Gasteiger partial charge on any atom is 0.343 e. The molecule has 3 rings (SSSR count). The lowest BCUT2D eigenvalue weighted by atomic mass is 10.2. The van der Waals surface area contributed by atoms with E-state index >= 15 is 0 Å². The van der Waals surface area contributed by atoms with Crippen LogP contribution in [0.5, 0.6) is 5.75 Å². The van der Waals surface area contributed by atoms with Crippen LogP contribution in [0.1, 0.15) is 13.8 Å². The van der Waals surface area contributed by atoms with Crippen LogP contribution in [-0.2, 0) is 9.53 Å². The van der Waals surface area contributed by atoms with Gasteiger partial charge in [0.25, 0.3) is 5.69 Å². The molecule has 0 unspecified atom stereocenters. The number of nitro groups is 1. The lowest BCUT2D eigenvalue weighted by Crippen LogP contribution is -2.16. The quantitative estimate of drug-likeness (QED) is 0.107. The van der Waals surface area contributed by atoms with Crippen LogP contribution in [0.3, 0.4) is 0 Å². The number of rotatable bonds is 8. The van der Waals surface area contributed by atoms with Gasteiger partial charge in [-0.05, 0) is 55.4 Å². The van der Waals surface area contributed by atoms with Crippen LogP contribution in [0, 0.1) is 45.8 Å². The molecule has 3 aromatic rings. The van der Waals surface area contributed by atoms with Gasteiger partial charge in [0.2, 0.25) is 0 Å². The van der Waals surface area contributed by atoms with Gasteiger partial charge in [-0.1, -0.05) is 5.92 Å². The number of anilines is 1. The Balaban J connectivity index is 1.96. The minimum atomic E-state index is -0.566. The highest BCUT2D eigenvalue weighted by molar-refractivity contribution is 7.11. The summed E-state index contributed by atoms with van der Waals surface area (Å²) in [6, 6.07) is 12.4. The molecule has 0 N–H and O–H groups in total. The molecule has 0 fully saturated rings. The van der Waals surface area contributed by atoms with Gasteiger partial charge in [0.1, 0.15) is 11.4 Å². The van der Waals surface area contributed by atoms with Crippen molar-refractivity contribution in [1.82, 2.24) is 4.37 Å². The fourth-order valence-corrected chi connectivity index (χ4v) is 3.50. The Labute approximate surface area is 211 Å². The summed E-state index contributed by atoms with van der Waals surface area (Å²) < 4.78 is 14.5. The Morgan fingerprint density at radius 3 is 2.69 bits per heavy atom. The van der Waals surface area contributed by atoms with E-state index in [1.54, 1.807) is 36.1 Å². The number of ether oxygens (including phenoxy) is 2. The third kappa shape index (κ3) is 6.57. The van der Waals surface area contributed by atoms with Crippen LogP contribution in [0.15, 0.2) is 46.6 Å². The number of hydrogen-bond donors (Lipinski definition) is 0. The molecule has 1 aromatic heterocycles. The number of carbonyl (C=O) groups excluding carboxylic acids is 1. The predicted octanol–water partition coefficient (Wildman–Crippen LogP) is 4.99. The van der Waals surface area contributed by atoms with E-state index in [0.29, 0.717) is 33.8 Å². The number of nitrogens with zero attached hydrogens (tertiary/aromatic N) is 5. The van der Waals surface area contributed by atoms with Crippen molar-refractivity contribution >= 4 is 50.5 Å². The summed E-state index contributed by atoms with van der Waals surface area (Å²) in [5.41, 5.74) is 1.52. The SMILES string of the molecule is CC#CC#CC#CN(CC)c1ccc(N=Nc2snc3ccc([N+](=O)[O-])cc23)c(OCC(=O)OC)c1. The minimum Gasteiger partial charge on any atom is -0.479 e. The molecule has 0 aliphatic rings. The highest BCUT2D eigenvalue weighted by Gasteiger charge is 2.14. The number of carbonyl (C=O) groups is 1. The van der Waals surface area contributed by atoms with Gasteiger partial charge in [-0.15, -0.1) is 10.2 Å². The van der Waals surface area contributed by atoms with Crippen molar-refractivity contribution in [3.8, 4) is 41.4 Å². The Morgan fingerprint density at radius 1 is 1.17 bits per heavy atom. The van der Waals surface area contributed by atoms with Gasteiger partial charge in [0.05, 0.1) is 23.2 Å². The molecule has 0 radical (unpaired) electrons. The van der Waals surface area contributed by atoms with Crippen LogP contribution in [0.25, 0.3) is 10.9 Å². The van der Waals surface area contributed by atoms with Gasteiger partial charge in [-0.3, -0.25) is 10.1 Å². The van der Waals surface area contributed by atoms with Gasteiger partial charge < -0.3 is 14.4 Å². The summed E-state index contributed by atoms with van der Waals surface area (Å²) in [6.45, 7) is 3.83. The fourth-order valence-electron chi connectivity index (χ4n) is 2.81. The van der Waals surface area contributed by atoms with Crippen LogP contribution >= 0.6 is 11.5 Å². The highest BCUT2D eigenvalue weighted by atomic mass is 32.1. The molecule has 0 aliphatic heterocycles. The normalized spacial score (nSPS) is 9.86. The lowest BCUT2D eigenvalue weighted by molar-refractivity contribution is -0.384. The number of methoxy groups -OCH3 is 1. The van der Waals surface area contributed by atoms with Crippen LogP contribution in [0.4, 0.5) is 22.1 Å². The van der Waals surface area contributed by atoms with Gasteiger partial charge in [-0.25, -0.2) is 4.79 Å². The molecule has 0 saturated carbocycles. The third-order valence-corrected chi connectivity index (χ3v) is 5.31. The number of aromatic nitrogens is 1. The molecule has 0 atom stereocenters. The summed E-state index contributed by atoms with van der Waals surface area (Å²) in [4.78, 5) is 24.0. The standard InChI is InChI=1S/C25H19N5O5S/c1-4-6-7-8-9-14-29(5-2)18-10-13-22(23(16-18)35-17-24(31)34-3)26-27-25-20-15-19(30(32)33)11-12-21(20)28-36-25/h10-13,15-16H,5,17H2,1-3H3. The van der Waals surface area contributed by atoms with E-state index in [2.05, 4.69) is 55.0 Å². The maximum atomic E-state index is 11.7. The second-order valence-corrected chi connectivity index (χ2v) is 7.52. The van der Waals surface area contributed by atoms with Crippen molar-refractivity contribution in [2.24, 2.45) is 10.2 Å². The van der Waals surface area contributed by atoms with Crippen LogP contribution < -0.4 is 9.64 Å². The highest BCUT2D eigenvalue weighted by Crippen LogP contribution is 2.37. The van der Waals surface area contributed by atoms with E-state index in [4.69, 9.17) is 4.74 Å².